The average Bonchev–Trinajstić information content (AvgIpc) is 2.57. The van der Waals surface area contributed by atoms with Gasteiger partial charge in [-0.2, -0.15) is 0 Å². The lowest BCUT2D eigenvalue weighted by molar-refractivity contribution is -0.132. The topological polar surface area (TPSA) is 63.6 Å². The number of carboxylic acid groups (broad SMARTS) is 1. The molecule has 0 radical (unpaired) electrons. The van der Waals surface area contributed by atoms with Gasteiger partial charge in [0.15, 0.2) is 5.78 Å². The molecule has 24 heavy (non-hydrogen) atoms. The van der Waals surface area contributed by atoms with Gasteiger partial charge in [-0.05, 0) is 19.3 Å². The summed E-state index contributed by atoms with van der Waals surface area (Å²) in [6.45, 7) is 6.38. The van der Waals surface area contributed by atoms with Gasteiger partial charge >= 0.3 is 5.97 Å². The first-order chi connectivity index (χ1) is 11.5. The highest BCUT2D eigenvalue weighted by atomic mass is 16.5. The first-order valence-corrected chi connectivity index (χ1v) is 8.77. The number of unbranched alkanes of at least 4 members (excludes halogenated alkanes) is 2. The fourth-order valence-electron chi connectivity index (χ4n) is 2.46. The van der Waals surface area contributed by atoms with Crippen molar-refractivity contribution >= 4 is 17.5 Å². The van der Waals surface area contributed by atoms with Gasteiger partial charge in [0.05, 0.1) is 12.2 Å². The number of aliphatic carboxylic acids is 1. The second-order valence-corrected chi connectivity index (χ2v) is 5.77. The molecule has 0 aliphatic heterocycles. The Morgan fingerprint density at radius 2 is 1.58 bits per heavy atom. The fraction of sp³-hybridized carbons (Fsp3) is 0.500. The summed E-state index contributed by atoms with van der Waals surface area (Å²) in [5, 5.41) is 9.43. The molecule has 1 rings (SSSR count). The van der Waals surface area contributed by atoms with E-state index in [-0.39, 0.29) is 11.4 Å². The summed E-state index contributed by atoms with van der Waals surface area (Å²) in [6.07, 6.45) is 4.73. The predicted octanol–water partition coefficient (Wildman–Crippen LogP) is 5.08. The number of carboxylic acids is 1. The van der Waals surface area contributed by atoms with Crippen LogP contribution < -0.4 is 0 Å². The third-order valence-electron chi connectivity index (χ3n) is 3.83. The molecule has 0 saturated heterocycles. The van der Waals surface area contributed by atoms with E-state index in [4.69, 9.17) is 4.74 Å². The number of Topliss-reactive ketones (excluding diaryl/α,β-unsaturated/α-hetero) is 1. The minimum Gasteiger partial charge on any atom is -0.492 e. The first-order valence-electron chi connectivity index (χ1n) is 8.77. The maximum Gasteiger partial charge on any atom is 0.335 e. The van der Waals surface area contributed by atoms with Crippen LogP contribution >= 0.6 is 0 Å². The van der Waals surface area contributed by atoms with Gasteiger partial charge in [-0.15, -0.1) is 0 Å². The van der Waals surface area contributed by atoms with Crippen LogP contribution in [-0.4, -0.2) is 23.5 Å². The Morgan fingerprint density at radius 3 is 2.08 bits per heavy atom. The molecule has 0 unspecified atom stereocenters. The summed E-state index contributed by atoms with van der Waals surface area (Å²) in [7, 11) is 0. The quantitative estimate of drug-likeness (QED) is 0.265. The van der Waals surface area contributed by atoms with Gasteiger partial charge in [-0.25, -0.2) is 4.79 Å². The van der Waals surface area contributed by atoms with E-state index < -0.39 is 5.97 Å². The van der Waals surface area contributed by atoms with Crippen molar-refractivity contribution in [3.63, 3.8) is 0 Å². The highest BCUT2D eigenvalue weighted by Crippen LogP contribution is 2.24. The molecule has 0 amide bonds. The summed E-state index contributed by atoms with van der Waals surface area (Å²) >= 11 is 0. The van der Waals surface area contributed by atoms with E-state index in [9.17, 15) is 14.7 Å². The zero-order valence-corrected chi connectivity index (χ0v) is 14.9. The maximum atomic E-state index is 11.9. The molecule has 0 spiro atoms. The largest absolute Gasteiger partial charge is 0.492 e. The molecule has 0 fully saturated rings. The SMILES string of the molecule is CCCCCOC(=C(CC)C(=O)O)c1ccc(C(=O)CCC)cc1. The Kier molecular flexibility index (Phi) is 8.84. The first kappa shape index (κ1) is 19.9. The Labute approximate surface area is 144 Å². The van der Waals surface area contributed by atoms with Gasteiger partial charge in [0.2, 0.25) is 0 Å². The van der Waals surface area contributed by atoms with Crippen LogP contribution in [0.5, 0.6) is 0 Å². The Bertz CT molecular complexity index is 570. The van der Waals surface area contributed by atoms with Gasteiger partial charge in [0.25, 0.3) is 0 Å². The minimum absolute atomic E-state index is 0.104. The monoisotopic (exact) mass is 332 g/mol. The standard InChI is InChI=1S/C20H28O4/c1-4-7-8-14-24-19(17(6-3)20(22)23)16-12-10-15(11-13-16)18(21)9-5-2/h10-13H,4-9,14H2,1-3H3,(H,22,23). The summed E-state index contributed by atoms with van der Waals surface area (Å²) in [6, 6.07) is 7.04. The van der Waals surface area contributed by atoms with Crippen molar-refractivity contribution in [1.29, 1.82) is 0 Å². The van der Waals surface area contributed by atoms with Gasteiger partial charge < -0.3 is 9.84 Å². The number of ketones is 1. The molecule has 4 heteroatoms. The zero-order valence-electron chi connectivity index (χ0n) is 14.9. The van der Waals surface area contributed by atoms with E-state index in [0.717, 1.165) is 25.7 Å². The highest BCUT2D eigenvalue weighted by Gasteiger charge is 2.16. The van der Waals surface area contributed by atoms with Crippen LogP contribution in [-0.2, 0) is 9.53 Å². The molecule has 0 aliphatic rings. The number of hydrogen-bond acceptors (Lipinski definition) is 3. The number of ether oxygens (including phenoxy) is 1. The number of rotatable bonds is 11. The minimum atomic E-state index is -0.964. The van der Waals surface area contributed by atoms with E-state index in [0.29, 0.717) is 36.3 Å². The van der Waals surface area contributed by atoms with Crippen molar-refractivity contribution in [2.24, 2.45) is 0 Å². The second-order valence-electron chi connectivity index (χ2n) is 5.77. The molecule has 1 aromatic rings. The van der Waals surface area contributed by atoms with Crippen LogP contribution in [0.2, 0.25) is 0 Å². The molecular weight excluding hydrogens is 304 g/mol. The van der Waals surface area contributed by atoms with Gasteiger partial charge in [0, 0.05) is 17.5 Å². The Hall–Kier alpha value is -2.10. The van der Waals surface area contributed by atoms with E-state index in [1.54, 1.807) is 31.2 Å². The lowest BCUT2D eigenvalue weighted by Gasteiger charge is -2.14. The van der Waals surface area contributed by atoms with E-state index in [1.165, 1.54) is 0 Å². The Morgan fingerprint density at radius 1 is 0.958 bits per heavy atom. The third kappa shape index (κ3) is 5.84. The lowest BCUT2D eigenvalue weighted by Crippen LogP contribution is -2.07. The zero-order chi connectivity index (χ0) is 17.9. The van der Waals surface area contributed by atoms with E-state index in [2.05, 4.69) is 6.92 Å². The summed E-state index contributed by atoms with van der Waals surface area (Å²) in [5.41, 5.74) is 1.62. The molecular formula is C20H28O4. The van der Waals surface area contributed by atoms with Crippen molar-refractivity contribution in [2.75, 3.05) is 6.61 Å². The molecule has 1 aromatic carbocycles. The summed E-state index contributed by atoms with van der Waals surface area (Å²) in [4.78, 5) is 23.4. The molecule has 0 aliphatic carbocycles. The Balaban J connectivity index is 3.06. The maximum absolute atomic E-state index is 11.9. The van der Waals surface area contributed by atoms with Gasteiger partial charge in [-0.1, -0.05) is 57.9 Å². The summed E-state index contributed by atoms with van der Waals surface area (Å²) < 4.78 is 5.81. The molecule has 4 nitrogen and oxygen atoms in total. The average molecular weight is 332 g/mol. The molecule has 0 saturated carbocycles. The molecule has 0 aromatic heterocycles. The fourth-order valence-corrected chi connectivity index (χ4v) is 2.46. The van der Waals surface area contributed by atoms with Crippen molar-refractivity contribution in [2.45, 2.75) is 59.3 Å². The molecule has 0 bridgehead atoms. The van der Waals surface area contributed by atoms with Crippen LogP contribution in [0.4, 0.5) is 0 Å². The molecule has 0 atom stereocenters. The van der Waals surface area contributed by atoms with Crippen molar-refractivity contribution in [1.82, 2.24) is 0 Å². The number of carbonyl (C=O) groups is 2. The second kappa shape index (κ2) is 10.6. The predicted molar refractivity (Wildman–Crippen MR) is 96.0 cm³/mol. The summed E-state index contributed by atoms with van der Waals surface area (Å²) in [5.74, 6) is -0.447. The van der Waals surface area contributed by atoms with E-state index >= 15 is 0 Å². The molecule has 132 valence electrons. The number of hydrogen-bond donors (Lipinski definition) is 1. The van der Waals surface area contributed by atoms with Crippen LogP contribution in [0, 0.1) is 0 Å². The van der Waals surface area contributed by atoms with Crippen molar-refractivity contribution in [3.05, 3.63) is 41.0 Å². The van der Waals surface area contributed by atoms with Crippen molar-refractivity contribution < 1.29 is 19.4 Å². The van der Waals surface area contributed by atoms with Crippen LogP contribution in [0.15, 0.2) is 29.8 Å². The number of benzene rings is 1. The smallest absolute Gasteiger partial charge is 0.335 e. The number of carbonyl (C=O) groups excluding carboxylic acids is 1. The van der Waals surface area contributed by atoms with Crippen molar-refractivity contribution in [3.8, 4) is 0 Å². The highest BCUT2D eigenvalue weighted by molar-refractivity contribution is 5.97. The normalized spacial score (nSPS) is 11.8. The lowest BCUT2D eigenvalue weighted by atomic mass is 10.0. The molecule has 0 heterocycles. The van der Waals surface area contributed by atoms with Gasteiger partial charge in [0.1, 0.15) is 5.76 Å². The van der Waals surface area contributed by atoms with Crippen LogP contribution in [0.1, 0.15) is 75.2 Å². The molecule has 1 N–H and O–H groups in total. The van der Waals surface area contributed by atoms with Gasteiger partial charge in [-0.3, -0.25) is 4.79 Å². The van der Waals surface area contributed by atoms with Crippen LogP contribution in [0.25, 0.3) is 5.76 Å². The van der Waals surface area contributed by atoms with E-state index in [1.807, 2.05) is 6.92 Å². The third-order valence-corrected chi connectivity index (χ3v) is 3.83. The van der Waals surface area contributed by atoms with Crippen LogP contribution in [0.3, 0.4) is 0 Å².